The van der Waals surface area contributed by atoms with Gasteiger partial charge in [0, 0.05) is 30.2 Å². The zero-order valence-corrected chi connectivity index (χ0v) is 15.9. The number of benzene rings is 2. The van der Waals surface area contributed by atoms with E-state index in [-0.39, 0.29) is 0 Å². The number of nitrogens with one attached hydrogen (secondary N) is 1. The van der Waals surface area contributed by atoms with Crippen molar-refractivity contribution >= 4 is 17.3 Å². The molecule has 0 radical (unpaired) electrons. The van der Waals surface area contributed by atoms with Crippen molar-refractivity contribution in [3.05, 3.63) is 66.0 Å². The molecule has 0 spiro atoms. The summed E-state index contributed by atoms with van der Waals surface area (Å²) >= 11 is 0. The summed E-state index contributed by atoms with van der Waals surface area (Å²) in [5.41, 5.74) is 11.2. The molecule has 7 nitrogen and oxygen atoms in total. The molecule has 0 saturated heterocycles. The smallest absolute Gasteiger partial charge is 0.247 e. The van der Waals surface area contributed by atoms with Crippen molar-refractivity contribution in [1.29, 1.82) is 0 Å². The van der Waals surface area contributed by atoms with Gasteiger partial charge >= 0.3 is 0 Å². The van der Waals surface area contributed by atoms with Gasteiger partial charge in [0.1, 0.15) is 18.1 Å². The number of aromatic nitrogens is 4. The van der Waals surface area contributed by atoms with Gasteiger partial charge in [-0.25, -0.2) is 4.52 Å². The van der Waals surface area contributed by atoms with Crippen LogP contribution in [0.3, 0.4) is 0 Å². The summed E-state index contributed by atoms with van der Waals surface area (Å²) in [6.45, 7) is 5.07. The monoisotopic (exact) mass is 374 g/mol. The molecule has 0 atom stereocenters. The molecule has 2 heterocycles. The third-order valence-electron chi connectivity index (χ3n) is 4.23. The number of nitrogens with zero attached hydrogens (tertiary/aromatic N) is 4. The Kier molecular flexibility index (Phi) is 4.90. The van der Waals surface area contributed by atoms with E-state index in [1.54, 1.807) is 16.9 Å². The largest absolute Gasteiger partial charge is 0.492 e. The Morgan fingerprint density at radius 3 is 2.71 bits per heavy atom. The Hall–Kier alpha value is -3.45. The number of hydrogen-bond acceptors (Lipinski definition) is 6. The average molecular weight is 374 g/mol. The molecule has 0 fully saturated rings. The Labute approximate surface area is 163 Å². The van der Waals surface area contributed by atoms with Gasteiger partial charge in [-0.15, -0.1) is 5.10 Å². The van der Waals surface area contributed by atoms with Crippen molar-refractivity contribution < 1.29 is 4.74 Å². The minimum absolute atomic E-state index is 0.468. The van der Waals surface area contributed by atoms with Gasteiger partial charge in [-0.1, -0.05) is 18.2 Å². The highest BCUT2D eigenvalue weighted by Crippen LogP contribution is 2.26. The van der Waals surface area contributed by atoms with Crippen LogP contribution in [-0.2, 0) is 0 Å². The first-order valence-corrected chi connectivity index (χ1v) is 9.12. The molecule has 2 aromatic carbocycles. The molecule has 0 aliphatic heterocycles. The van der Waals surface area contributed by atoms with E-state index in [2.05, 4.69) is 52.4 Å². The summed E-state index contributed by atoms with van der Waals surface area (Å²) < 4.78 is 7.35. The van der Waals surface area contributed by atoms with E-state index in [0.29, 0.717) is 24.7 Å². The number of rotatable bonds is 6. The van der Waals surface area contributed by atoms with E-state index >= 15 is 0 Å². The van der Waals surface area contributed by atoms with E-state index in [9.17, 15) is 0 Å². The molecule has 142 valence electrons. The van der Waals surface area contributed by atoms with Gasteiger partial charge in [-0.3, -0.25) is 4.98 Å². The Morgan fingerprint density at radius 1 is 1.11 bits per heavy atom. The fraction of sp³-hybridized carbons (Fsp3) is 0.190. The van der Waals surface area contributed by atoms with Crippen LogP contribution in [0, 0.1) is 13.8 Å². The Bertz CT molecular complexity index is 1100. The zero-order valence-electron chi connectivity index (χ0n) is 15.9. The fourth-order valence-electron chi connectivity index (χ4n) is 3.16. The van der Waals surface area contributed by atoms with Crippen molar-refractivity contribution in [1.82, 2.24) is 19.6 Å². The first-order chi connectivity index (χ1) is 13.6. The molecule has 4 aromatic rings. The van der Waals surface area contributed by atoms with Crippen LogP contribution >= 0.6 is 0 Å². The van der Waals surface area contributed by atoms with Crippen LogP contribution in [0.5, 0.6) is 5.75 Å². The molecule has 3 N–H and O–H groups in total. The Morgan fingerprint density at radius 2 is 1.93 bits per heavy atom. The van der Waals surface area contributed by atoms with Crippen molar-refractivity contribution in [3.8, 4) is 17.0 Å². The molecule has 2 aromatic heterocycles. The summed E-state index contributed by atoms with van der Waals surface area (Å²) in [5, 5.41) is 7.82. The summed E-state index contributed by atoms with van der Waals surface area (Å²) in [6, 6.07) is 14.0. The molecule has 0 unspecified atom stereocenters. The second-order valence-corrected chi connectivity index (χ2v) is 6.65. The van der Waals surface area contributed by atoms with Gasteiger partial charge in [-0.2, -0.15) is 4.98 Å². The molecule has 0 aliphatic carbocycles. The van der Waals surface area contributed by atoms with Crippen molar-refractivity contribution in [2.45, 2.75) is 13.8 Å². The highest BCUT2D eigenvalue weighted by Gasteiger charge is 2.12. The van der Waals surface area contributed by atoms with Gasteiger partial charge in [-0.05, 0) is 49.2 Å². The fourth-order valence-corrected chi connectivity index (χ4v) is 3.16. The number of aryl methyl sites for hydroxylation is 2. The molecule has 0 bridgehead atoms. The van der Waals surface area contributed by atoms with E-state index < -0.39 is 0 Å². The maximum absolute atomic E-state index is 5.63. The lowest BCUT2D eigenvalue weighted by Gasteiger charge is -2.07. The topological polar surface area (TPSA) is 90.4 Å². The highest BCUT2D eigenvalue weighted by atomic mass is 16.5. The molecule has 0 amide bonds. The lowest BCUT2D eigenvalue weighted by atomic mass is 10.1. The van der Waals surface area contributed by atoms with Crippen LogP contribution in [0.15, 0.2) is 54.9 Å². The van der Waals surface area contributed by atoms with E-state index in [1.807, 2.05) is 24.3 Å². The number of ether oxygens (including phenoxy) is 1. The van der Waals surface area contributed by atoms with Crippen LogP contribution in [0.1, 0.15) is 11.1 Å². The standard InChI is InChI=1S/C21H22N6O/c1-14-10-15(2)12-17(11-14)24-21-25-20-19(23-7-8-27(20)26-21)16-4-3-5-18(13-16)28-9-6-22/h3-5,7-8,10-13H,6,9,22H2,1-2H3,(H,24,26). The number of fused-ring (bicyclic) bond motifs is 1. The van der Waals surface area contributed by atoms with Crippen molar-refractivity contribution in [3.63, 3.8) is 0 Å². The summed E-state index contributed by atoms with van der Waals surface area (Å²) in [6.07, 6.45) is 3.50. The third-order valence-corrected chi connectivity index (χ3v) is 4.23. The molecule has 0 aliphatic rings. The van der Waals surface area contributed by atoms with Gasteiger partial charge in [0.05, 0.1) is 0 Å². The molecular formula is C21H22N6O. The quantitative estimate of drug-likeness (QED) is 0.537. The lowest BCUT2D eigenvalue weighted by Crippen LogP contribution is -2.10. The van der Waals surface area contributed by atoms with E-state index in [0.717, 1.165) is 22.7 Å². The second kappa shape index (κ2) is 7.66. The maximum atomic E-state index is 5.63. The summed E-state index contributed by atoms with van der Waals surface area (Å²) in [5.74, 6) is 1.27. The zero-order chi connectivity index (χ0) is 19.5. The number of anilines is 2. The minimum atomic E-state index is 0.468. The minimum Gasteiger partial charge on any atom is -0.492 e. The van der Waals surface area contributed by atoms with Crippen LogP contribution in [-0.4, -0.2) is 32.7 Å². The number of nitrogens with two attached hydrogens (primary N) is 1. The molecule has 4 rings (SSSR count). The highest BCUT2D eigenvalue weighted by molar-refractivity contribution is 5.75. The Balaban J connectivity index is 1.69. The first-order valence-electron chi connectivity index (χ1n) is 9.12. The summed E-state index contributed by atoms with van der Waals surface area (Å²) in [4.78, 5) is 9.17. The van der Waals surface area contributed by atoms with Crippen molar-refractivity contribution in [2.75, 3.05) is 18.5 Å². The predicted octanol–water partition coefficient (Wildman–Crippen LogP) is 3.49. The number of hydrogen-bond donors (Lipinski definition) is 2. The lowest BCUT2D eigenvalue weighted by molar-refractivity contribution is 0.328. The van der Waals surface area contributed by atoms with E-state index in [4.69, 9.17) is 10.5 Å². The molecule has 0 saturated carbocycles. The van der Waals surface area contributed by atoms with E-state index in [1.165, 1.54) is 11.1 Å². The van der Waals surface area contributed by atoms with Gasteiger partial charge in [0.25, 0.3) is 0 Å². The summed E-state index contributed by atoms with van der Waals surface area (Å²) in [7, 11) is 0. The SMILES string of the molecule is Cc1cc(C)cc(Nc2nc3c(-c4cccc(OCCN)c4)nccn3n2)c1. The first kappa shape index (κ1) is 17.9. The van der Waals surface area contributed by atoms with Crippen molar-refractivity contribution in [2.24, 2.45) is 5.73 Å². The van der Waals surface area contributed by atoms with Crippen LogP contribution in [0.25, 0.3) is 16.9 Å². The normalized spacial score (nSPS) is 11.0. The molecular weight excluding hydrogens is 352 g/mol. The van der Waals surface area contributed by atoms with Crippen LogP contribution in [0.2, 0.25) is 0 Å². The van der Waals surface area contributed by atoms with Gasteiger partial charge in [0.15, 0.2) is 5.65 Å². The van der Waals surface area contributed by atoms with Gasteiger partial charge < -0.3 is 15.8 Å². The second-order valence-electron chi connectivity index (χ2n) is 6.65. The van der Waals surface area contributed by atoms with Crippen LogP contribution in [0.4, 0.5) is 11.6 Å². The van der Waals surface area contributed by atoms with Crippen LogP contribution < -0.4 is 15.8 Å². The van der Waals surface area contributed by atoms with Gasteiger partial charge in [0.2, 0.25) is 5.95 Å². The average Bonchev–Trinajstić information content (AvgIpc) is 3.08. The third kappa shape index (κ3) is 3.79. The predicted molar refractivity (Wildman–Crippen MR) is 110 cm³/mol. The molecule has 28 heavy (non-hydrogen) atoms. The molecule has 7 heteroatoms. The maximum Gasteiger partial charge on any atom is 0.247 e.